The van der Waals surface area contributed by atoms with Crippen LogP contribution in [0, 0.1) is 16.7 Å². The van der Waals surface area contributed by atoms with E-state index >= 15 is 0 Å². The minimum absolute atomic E-state index is 0.00120. The molecule has 0 saturated carbocycles. The number of hydrogen-bond acceptors (Lipinski definition) is 2. The summed E-state index contributed by atoms with van der Waals surface area (Å²) in [5, 5.41) is 19.1. The normalized spacial score (nSPS) is 32.2. The first-order valence-electron chi connectivity index (χ1n) is 6.72. The van der Waals surface area contributed by atoms with Crippen LogP contribution in [0.1, 0.15) is 53.9 Å². The third-order valence-electron chi connectivity index (χ3n) is 5.00. The van der Waals surface area contributed by atoms with Crippen molar-refractivity contribution in [3.63, 3.8) is 0 Å². The quantitative estimate of drug-likeness (QED) is 0.741. The standard InChI is InChI=1S/C15H28O2/c1-11-10-13(14(3,4)8-9-16)6-7-15(11,5)12(2)17/h6,11-12,16-17H,7-10H2,1-5H3/t11-,12?,15-/m0/s1. The van der Waals surface area contributed by atoms with Crippen LogP contribution in [0.5, 0.6) is 0 Å². The molecule has 0 bridgehead atoms. The Morgan fingerprint density at radius 3 is 2.53 bits per heavy atom. The zero-order valence-electron chi connectivity index (χ0n) is 12.0. The van der Waals surface area contributed by atoms with Crippen LogP contribution in [0.3, 0.4) is 0 Å². The first-order chi connectivity index (χ1) is 7.74. The van der Waals surface area contributed by atoms with Crippen molar-refractivity contribution in [2.75, 3.05) is 6.61 Å². The van der Waals surface area contributed by atoms with Crippen LogP contribution in [0.15, 0.2) is 11.6 Å². The average Bonchev–Trinajstić information content (AvgIpc) is 2.21. The van der Waals surface area contributed by atoms with Crippen LogP contribution < -0.4 is 0 Å². The van der Waals surface area contributed by atoms with E-state index in [2.05, 4.69) is 33.8 Å². The highest BCUT2D eigenvalue weighted by molar-refractivity contribution is 5.18. The van der Waals surface area contributed by atoms with Gasteiger partial charge < -0.3 is 10.2 Å². The number of rotatable bonds is 4. The van der Waals surface area contributed by atoms with Gasteiger partial charge in [-0.15, -0.1) is 0 Å². The van der Waals surface area contributed by atoms with Gasteiger partial charge in [0.1, 0.15) is 0 Å². The van der Waals surface area contributed by atoms with Gasteiger partial charge in [0.15, 0.2) is 0 Å². The molecule has 0 saturated heterocycles. The highest BCUT2D eigenvalue weighted by atomic mass is 16.3. The number of allylic oxidation sites excluding steroid dienone is 2. The molecule has 0 aliphatic heterocycles. The topological polar surface area (TPSA) is 40.5 Å². The molecule has 3 atom stereocenters. The lowest BCUT2D eigenvalue weighted by molar-refractivity contribution is 0.00539. The van der Waals surface area contributed by atoms with Crippen molar-refractivity contribution < 1.29 is 10.2 Å². The van der Waals surface area contributed by atoms with Gasteiger partial charge in [0.25, 0.3) is 0 Å². The molecule has 1 aliphatic carbocycles. The molecule has 100 valence electrons. The second-order valence-electron chi connectivity index (χ2n) is 6.58. The van der Waals surface area contributed by atoms with E-state index in [1.165, 1.54) is 5.57 Å². The smallest absolute Gasteiger partial charge is 0.0571 e. The van der Waals surface area contributed by atoms with Crippen molar-refractivity contribution in [2.24, 2.45) is 16.7 Å². The van der Waals surface area contributed by atoms with Gasteiger partial charge in [-0.2, -0.15) is 0 Å². The fourth-order valence-electron chi connectivity index (χ4n) is 2.77. The van der Waals surface area contributed by atoms with Crippen LogP contribution in [0.2, 0.25) is 0 Å². The Labute approximate surface area is 106 Å². The molecular weight excluding hydrogens is 212 g/mol. The van der Waals surface area contributed by atoms with Crippen molar-refractivity contribution in [1.29, 1.82) is 0 Å². The Balaban J connectivity index is 2.87. The monoisotopic (exact) mass is 240 g/mol. The van der Waals surface area contributed by atoms with Crippen LogP contribution in [0.4, 0.5) is 0 Å². The van der Waals surface area contributed by atoms with E-state index in [0.717, 1.165) is 19.3 Å². The van der Waals surface area contributed by atoms with Crippen molar-refractivity contribution in [3.8, 4) is 0 Å². The summed E-state index contributed by atoms with van der Waals surface area (Å²) < 4.78 is 0. The molecule has 0 fully saturated rings. The SMILES string of the molecule is CC(O)[C@@]1(C)CC=C(C(C)(C)CCO)C[C@@H]1C. The largest absolute Gasteiger partial charge is 0.396 e. The summed E-state index contributed by atoms with van der Waals surface area (Å²) in [5.74, 6) is 0.487. The molecule has 0 amide bonds. The number of hydrogen-bond donors (Lipinski definition) is 2. The summed E-state index contributed by atoms with van der Waals surface area (Å²) in [7, 11) is 0. The second-order valence-corrected chi connectivity index (χ2v) is 6.58. The zero-order valence-corrected chi connectivity index (χ0v) is 12.0. The zero-order chi connectivity index (χ0) is 13.3. The van der Waals surface area contributed by atoms with Gasteiger partial charge in [-0.3, -0.25) is 0 Å². The predicted molar refractivity (Wildman–Crippen MR) is 71.8 cm³/mol. The third kappa shape index (κ3) is 2.92. The Kier molecular flexibility index (Phi) is 4.43. The Bertz CT molecular complexity index is 291. The van der Waals surface area contributed by atoms with Crippen LogP contribution in [0.25, 0.3) is 0 Å². The molecule has 0 aromatic heterocycles. The molecule has 17 heavy (non-hydrogen) atoms. The predicted octanol–water partition coefficient (Wildman–Crippen LogP) is 3.14. The minimum Gasteiger partial charge on any atom is -0.396 e. The minimum atomic E-state index is -0.267. The molecule has 0 spiro atoms. The van der Waals surface area contributed by atoms with Crippen LogP contribution in [-0.4, -0.2) is 22.9 Å². The molecule has 0 heterocycles. The van der Waals surface area contributed by atoms with Gasteiger partial charge in [0.2, 0.25) is 0 Å². The van der Waals surface area contributed by atoms with Gasteiger partial charge in [0, 0.05) is 6.61 Å². The highest BCUT2D eigenvalue weighted by Crippen LogP contribution is 2.47. The molecule has 0 radical (unpaired) electrons. The van der Waals surface area contributed by atoms with E-state index in [4.69, 9.17) is 5.11 Å². The summed E-state index contributed by atoms with van der Waals surface area (Å²) >= 11 is 0. The first kappa shape index (κ1) is 14.7. The summed E-state index contributed by atoms with van der Waals surface area (Å²) in [6.07, 6.45) is 4.82. The summed E-state index contributed by atoms with van der Waals surface area (Å²) in [4.78, 5) is 0. The second kappa shape index (κ2) is 5.11. The Morgan fingerprint density at radius 2 is 2.12 bits per heavy atom. The number of aliphatic hydroxyl groups is 2. The van der Waals surface area contributed by atoms with Crippen LogP contribution in [-0.2, 0) is 0 Å². The lowest BCUT2D eigenvalue weighted by Gasteiger charge is -2.44. The third-order valence-corrected chi connectivity index (χ3v) is 5.00. The van der Waals surface area contributed by atoms with E-state index in [9.17, 15) is 5.11 Å². The van der Waals surface area contributed by atoms with E-state index in [1.807, 2.05) is 6.92 Å². The van der Waals surface area contributed by atoms with Crippen molar-refractivity contribution in [1.82, 2.24) is 0 Å². The van der Waals surface area contributed by atoms with Crippen molar-refractivity contribution in [3.05, 3.63) is 11.6 Å². The molecule has 1 unspecified atom stereocenters. The molecule has 1 rings (SSSR count). The van der Waals surface area contributed by atoms with E-state index in [-0.39, 0.29) is 23.5 Å². The molecule has 0 aromatic carbocycles. The Morgan fingerprint density at radius 1 is 1.53 bits per heavy atom. The lowest BCUT2D eigenvalue weighted by Crippen LogP contribution is -2.39. The fourth-order valence-corrected chi connectivity index (χ4v) is 2.77. The summed E-state index contributed by atoms with van der Waals surface area (Å²) in [6.45, 7) is 10.9. The maximum absolute atomic E-state index is 9.93. The average molecular weight is 240 g/mol. The van der Waals surface area contributed by atoms with Gasteiger partial charge in [0.05, 0.1) is 6.10 Å². The maximum Gasteiger partial charge on any atom is 0.0571 e. The number of aliphatic hydroxyl groups excluding tert-OH is 2. The van der Waals surface area contributed by atoms with Crippen LogP contribution >= 0.6 is 0 Å². The van der Waals surface area contributed by atoms with Gasteiger partial charge in [-0.05, 0) is 42.9 Å². The van der Waals surface area contributed by atoms with E-state index in [0.29, 0.717) is 5.92 Å². The molecular formula is C15H28O2. The van der Waals surface area contributed by atoms with Gasteiger partial charge in [-0.1, -0.05) is 39.3 Å². The molecule has 2 heteroatoms. The van der Waals surface area contributed by atoms with E-state index in [1.54, 1.807) is 0 Å². The molecule has 1 aliphatic rings. The maximum atomic E-state index is 9.93. The molecule has 0 aromatic rings. The first-order valence-corrected chi connectivity index (χ1v) is 6.72. The van der Waals surface area contributed by atoms with Gasteiger partial charge in [-0.25, -0.2) is 0 Å². The molecule has 2 N–H and O–H groups in total. The van der Waals surface area contributed by atoms with E-state index < -0.39 is 0 Å². The fraction of sp³-hybridized carbons (Fsp3) is 0.867. The summed E-state index contributed by atoms with van der Waals surface area (Å²) in [6, 6.07) is 0. The highest BCUT2D eigenvalue weighted by Gasteiger charge is 2.40. The Hall–Kier alpha value is -0.340. The molecule has 2 nitrogen and oxygen atoms in total. The van der Waals surface area contributed by atoms with Gasteiger partial charge >= 0.3 is 0 Å². The van der Waals surface area contributed by atoms with Crippen molar-refractivity contribution in [2.45, 2.75) is 60.0 Å². The van der Waals surface area contributed by atoms with Crippen molar-refractivity contribution >= 4 is 0 Å². The lowest BCUT2D eigenvalue weighted by atomic mass is 9.62. The summed E-state index contributed by atoms with van der Waals surface area (Å²) in [5.41, 5.74) is 1.53.